The Morgan fingerprint density at radius 2 is 1.81 bits per heavy atom. The fourth-order valence-electron chi connectivity index (χ4n) is 3.27. The summed E-state index contributed by atoms with van der Waals surface area (Å²) in [5.41, 5.74) is 3.56. The van der Waals surface area contributed by atoms with E-state index in [1.54, 1.807) is 0 Å². The number of para-hydroxylation sites is 1. The van der Waals surface area contributed by atoms with E-state index in [-0.39, 0.29) is 0 Å². The number of piperazine rings is 1. The minimum atomic E-state index is 0.744. The quantitative estimate of drug-likeness (QED) is 0.641. The Balaban J connectivity index is 1.36. The van der Waals surface area contributed by atoms with Crippen LogP contribution >= 0.6 is 23.6 Å². The van der Waals surface area contributed by atoms with Gasteiger partial charge in [0.25, 0.3) is 0 Å². The van der Waals surface area contributed by atoms with Crippen molar-refractivity contribution in [2.24, 2.45) is 0 Å². The molecule has 1 N–H and O–H groups in total. The van der Waals surface area contributed by atoms with Crippen LogP contribution in [0.15, 0.2) is 54.6 Å². The molecule has 1 aromatic heterocycles. The highest BCUT2D eigenvalue weighted by molar-refractivity contribution is 7.73. The van der Waals surface area contributed by atoms with Gasteiger partial charge >= 0.3 is 0 Å². The van der Waals surface area contributed by atoms with Crippen LogP contribution in [0.2, 0.25) is 0 Å². The lowest BCUT2D eigenvalue weighted by Gasteiger charge is -2.35. The van der Waals surface area contributed by atoms with Crippen LogP contribution in [0.25, 0.3) is 0 Å². The zero-order valence-corrected chi connectivity index (χ0v) is 17.0. The summed E-state index contributed by atoms with van der Waals surface area (Å²) >= 11 is 7.04. The van der Waals surface area contributed by atoms with E-state index in [9.17, 15) is 0 Å². The summed E-state index contributed by atoms with van der Waals surface area (Å²) in [4.78, 5) is 4.84. The predicted octanol–water partition coefficient (Wildman–Crippen LogP) is 4.51. The number of hydrogen-bond acceptors (Lipinski definition) is 6. The van der Waals surface area contributed by atoms with Gasteiger partial charge in [-0.1, -0.05) is 41.7 Å². The molecule has 1 saturated heterocycles. The van der Waals surface area contributed by atoms with Gasteiger partial charge in [-0.2, -0.15) is 0 Å². The largest absolute Gasteiger partial charge is 0.369 e. The normalized spacial score (nSPS) is 15.1. The van der Waals surface area contributed by atoms with Gasteiger partial charge in [0.2, 0.25) is 5.13 Å². The van der Waals surface area contributed by atoms with Gasteiger partial charge in [0.05, 0.1) is 6.67 Å². The van der Waals surface area contributed by atoms with E-state index in [0.717, 1.165) is 47.6 Å². The van der Waals surface area contributed by atoms with Crippen LogP contribution in [0.1, 0.15) is 5.56 Å². The zero-order valence-electron chi connectivity index (χ0n) is 15.3. The number of benzene rings is 2. The maximum absolute atomic E-state index is 5.52. The molecular weight excluding hydrogens is 374 g/mol. The first-order valence-electron chi connectivity index (χ1n) is 9.11. The van der Waals surface area contributed by atoms with Crippen LogP contribution < -0.4 is 10.2 Å². The van der Waals surface area contributed by atoms with Crippen LogP contribution in [0.4, 0.5) is 16.5 Å². The van der Waals surface area contributed by atoms with Gasteiger partial charge in [0.15, 0.2) is 3.95 Å². The van der Waals surface area contributed by atoms with Crippen LogP contribution in [0, 0.1) is 10.9 Å². The lowest BCUT2D eigenvalue weighted by Crippen LogP contribution is -2.46. The number of nitrogens with zero attached hydrogens (tertiary/aromatic N) is 4. The van der Waals surface area contributed by atoms with Crippen molar-refractivity contribution < 1.29 is 0 Å². The molecule has 0 radical (unpaired) electrons. The summed E-state index contributed by atoms with van der Waals surface area (Å²) in [6, 6.07) is 18.9. The predicted molar refractivity (Wildman–Crippen MR) is 116 cm³/mol. The van der Waals surface area contributed by atoms with Crippen molar-refractivity contribution >= 4 is 40.1 Å². The summed E-state index contributed by atoms with van der Waals surface area (Å²) in [6.45, 7) is 6.89. The molecule has 0 atom stereocenters. The first-order valence-corrected chi connectivity index (χ1v) is 10.3. The molecule has 4 rings (SSSR count). The molecule has 1 aliphatic heterocycles. The van der Waals surface area contributed by atoms with Gasteiger partial charge in [-0.15, -0.1) is 5.10 Å². The van der Waals surface area contributed by atoms with E-state index in [1.165, 1.54) is 22.6 Å². The molecule has 140 valence electrons. The topological polar surface area (TPSA) is 36.3 Å². The molecule has 0 saturated carbocycles. The van der Waals surface area contributed by atoms with Crippen molar-refractivity contribution in [2.75, 3.05) is 36.4 Å². The standard InChI is InChI=1S/C20H23N5S2/c1-16-6-5-7-17(14-16)21-19-22-25(20(26)27-19)15-23-10-12-24(13-11-23)18-8-3-2-4-9-18/h2-9,14H,10-13,15H2,1H3,(H,21,22). The van der Waals surface area contributed by atoms with E-state index < -0.39 is 0 Å². The van der Waals surface area contributed by atoms with Crippen LogP contribution in [0.3, 0.4) is 0 Å². The second-order valence-corrected chi connectivity index (χ2v) is 8.37. The molecular formula is C20H23N5S2. The first kappa shape index (κ1) is 18.2. The van der Waals surface area contributed by atoms with Crippen LogP contribution in [0.5, 0.6) is 0 Å². The lowest BCUT2D eigenvalue weighted by atomic mass is 10.2. The smallest absolute Gasteiger partial charge is 0.209 e. The van der Waals surface area contributed by atoms with Crippen LogP contribution in [-0.2, 0) is 6.67 Å². The Hall–Kier alpha value is -2.22. The third kappa shape index (κ3) is 4.55. The minimum Gasteiger partial charge on any atom is -0.369 e. The van der Waals surface area contributed by atoms with Crippen molar-refractivity contribution in [1.29, 1.82) is 0 Å². The highest BCUT2D eigenvalue weighted by Crippen LogP contribution is 2.22. The summed E-state index contributed by atoms with van der Waals surface area (Å²) in [5.74, 6) is 0. The molecule has 0 unspecified atom stereocenters. The number of rotatable bonds is 5. The van der Waals surface area contributed by atoms with Crippen molar-refractivity contribution in [3.63, 3.8) is 0 Å². The number of anilines is 3. The molecule has 2 heterocycles. The Bertz CT molecular complexity index is 942. The Labute approximate surface area is 168 Å². The average molecular weight is 398 g/mol. The minimum absolute atomic E-state index is 0.744. The fraction of sp³-hybridized carbons (Fsp3) is 0.300. The maximum atomic E-state index is 5.52. The maximum Gasteiger partial charge on any atom is 0.209 e. The molecule has 5 nitrogen and oxygen atoms in total. The third-order valence-electron chi connectivity index (χ3n) is 4.70. The van der Waals surface area contributed by atoms with Crippen molar-refractivity contribution in [3.8, 4) is 0 Å². The van der Waals surface area contributed by atoms with Crippen LogP contribution in [-0.4, -0.2) is 40.9 Å². The van der Waals surface area contributed by atoms with E-state index in [1.807, 2.05) is 16.8 Å². The van der Waals surface area contributed by atoms with E-state index in [4.69, 9.17) is 12.2 Å². The molecule has 7 heteroatoms. The van der Waals surface area contributed by atoms with Crippen molar-refractivity contribution in [1.82, 2.24) is 14.7 Å². The van der Waals surface area contributed by atoms with Gasteiger partial charge in [-0.25, -0.2) is 4.68 Å². The Morgan fingerprint density at radius 3 is 2.56 bits per heavy atom. The second-order valence-electron chi connectivity index (χ2n) is 6.75. The summed E-state index contributed by atoms with van der Waals surface area (Å²) in [5, 5.41) is 8.88. The molecule has 3 aromatic rings. The number of hydrogen-bond donors (Lipinski definition) is 1. The summed E-state index contributed by atoms with van der Waals surface area (Å²) in [7, 11) is 0. The van der Waals surface area contributed by atoms with Gasteiger partial charge in [0.1, 0.15) is 0 Å². The molecule has 0 spiro atoms. The molecule has 2 aromatic carbocycles. The van der Waals surface area contributed by atoms with Gasteiger partial charge in [0, 0.05) is 37.6 Å². The molecule has 0 amide bonds. The second kappa shape index (κ2) is 8.21. The number of aromatic nitrogens is 2. The number of aryl methyl sites for hydroxylation is 1. The van der Waals surface area contributed by atoms with E-state index in [2.05, 4.69) is 69.6 Å². The Kier molecular flexibility index (Phi) is 5.52. The summed E-state index contributed by atoms with van der Waals surface area (Å²) < 4.78 is 2.73. The lowest BCUT2D eigenvalue weighted by molar-refractivity contribution is 0.195. The fourth-order valence-corrected chi connectivity index (χ4v) is 4.28. The Morgan fingerprint density at radius 1 is 1.04 bits per heavy atom. The van der Waals surface area contributed by atoms with Gasteiger partial charge in [-0.05, 0) is 49.0 Å². The molecule has 0 aliphatic carbocycles. The third-order valence-corrected chi connectivity index (χ3v) is 5.93. The van der Waals surface area contributed by atoms with Gasteiger partial charge < -0.3 is 10.2 Å². The van der Waals surface area contributed by atoms with Crippen molar-refractivity contribution in [2.45, 2.75) is 13.6 Å². The monoisotopic (exact) mass is 397 g/mol. The zero-order chi connectivity index (χ0) is 18.6. The molecule has 1 fully saturated rings. The summed E-state index contributed by atoms with van der Waals surface area (Å²) in [6.07, 6.45) is 0. The van der Waals surface area contributed by atoms with Gasteiger partial charge in [-0.3, -0.25) is 4.90 Å². The number of nitrogens with one attached hydrogen (secondary N) is 1. The highest BCUT2D eigenvalue weighted by Gasteiger charge is 2.18. The average Bonchev–Trinajstić information content (AvgIpc) is 3.02. The highest BCUT2D eigenvalue weighted by atomic mass is 32.1. The SMILES string of the molecule is Cc1cccc(Nc2nn(CN3CCN(c4ccccc4)CC3)c(=S)s2)c1. The molecule has 1 aliphatic rings. The van der Waals surface area contributed by atoms with E-state index in [0.29, 0.717) is 0 Å². The molecule has 27 heavy (non-hydrogen) atoms. The first-order chi connectivity index (χ1) is 13.2. The molecule has 0 bridgehead atoms. The van der Waals surface area contributed by atoms with E-state index >= 15 is 0 Å². The van der Waals surface area contributed by atoms with Crippen molar-refractivity contribution in [3.05, 3.63) is 64.1 Å².